The first kappa shape index (κ1) is 14.9. The summed E-state index contributed by atoms with van der Waals surface area (Å²) >= 11 is 0. The van der Waals surface area contributed by atoms with Crippen molar-refractivity contribution in [3.8, 4) is 0 Å². The summed E-state index contributed by atoms with van der Waals surface area (Å²) in [5, 5.41) is 11.5. The summed E-state index contributed by atoms with van der Waals surface area (Å²) in [6, 6.07) is 3.66. The standard InChI is InChI=1S/C13H17FN2O3/c1-8-5-6-9(7-10(8)14)15-12(19)16(4)13(2,3)11(17)18/h5-7H,1-4H3,(H,15,19)(H,17,18). The van der Waals surface area contributed by atoms with Crippen LogP contribution in [0.25, 0.3) is 0 Å². The molecular weight excluding hydrogens is 251 g/mol. The maximum atomic E-state index is 13.3. The van der Waals surface area contributed by atoms with Gasteiger partial charge in [0.05, 0.1) is 0 Å². The SMILES string of the molecule is Cc1ccc(NC(=O)N(C)C(C)(C)C(=O)O)cc1F. The second kappa shape index (κ2) is 5.26. The molecule has 0 saturated heterocycles. The minimum Gasteiger partial charge on any atom is -0.480 e. The van der Waals surface area contributed by atoms with E-state index < -0.39 is 23.4 Å². The molecule has 1 aromatic carbocycles. The molecular formula is C13H17FN2O3. The van der Waals surface area contributed by atoms with E-state index in [1.54, 1.807) is 13.0 Å². The monoisotopic (exact) mass is 268 g/mol. The molecule has 0 radical (unpaired) electrons. The molecule has 1 aromatic rings. The lowest BCUT2D eigenvalue weighted by atomic mass is 10.1. The lowest BCUT2D eigenvalue weighted by Crippen LogP contribution is -2.52. The fraction of sp³-hybridized carbons (Fsp3) is 0.385. The zero-order chi connectivity index (χ0) is 14.8. The van der Waals surface area contributed by atoms with Gasteiger partial charge in [0.25, 0.3) is 0 Å². The van der Waals surface area contributed by atoms with Crippen LogP contribution in [-0.4, -0.2) is 34.6 Å². The highest BCUT2D eigenvalue weighted by molar-refractivity contribution is 5.93. The van der Waals surface area contributed by atoms with Gasteiger partial charge in [-0.05, 0) is 38.5 Å². The molecule has 0 aliphatic rings. The molecule has 0 unspecified atom stereocenters. The molecule has 1 rings (SSSR count). The lowest BCUT2D eigenvalue weighted by Gasteiger charge is -2.31. The first-order chi connectivity index (χ1) is 8.66. The van der Waals surface area contributed by atoms with Crippen molar-refractivity contribution in [1.29, 1.82) is 0 Å². The van der Waals surface area contributed by atoms with Crippen molar-refractivity contribution in [1.82, 2.24) is 4.90 Å². The van der Waals surface area contributed by atoms with Crippen LogP contribution in [0.1, 0.15) is 19.4 Å². The van der Waals surface area contributed by atoms with E-state index in [0.717, 1.165) is 4.90 Å². The number of urea groups is 1. The Hall–Kier alpha value is -2.11. The van der Waals surface area contributed by atoms with Gasteiger partial charge in [0.15, 0.2) is 0 Å². The number of carboxylic acids is 1. The van der Waals surface area contributed by atoms with Gasteiger partial charge in [-0.2, -0.15) is 0 Å². The Morgan fingerprint density at radius 1 is 1.37 bits per heavy atom. The summed E-state index contributed by atoms with van der Waals surface area (Å²) < 4.78 is 13.3. The number of anilines is 1. The average Bonchev–Trinajstić information content (AvgIpc) is 2.32. The van der Waals surface area contributed by atoms with Crippen molar-refractivity contribution >= 4 is 17.7 Å². The number of carbonyl (C=O) groups excluding carboxylic acids is 1. The Labute approximate surface area is 111 Å². The topological polar surface area (TPSA) is 69.6 Å². The van der Waals surface area contributed by atoms with Gasteiger partial charge in [-0.15, -0.1) is 0 Å². The lowest BCUT2D eigenvalue weighted by molar-refractivity contribution is -0.146. The quantitative estimate of drug-likeness (QED) is 0.884. The normalized spacial score (nSPS) is 11.0. The number of likely N-dealkylation sites (N-methyl/N-ethyl adjacent to an activating group) is 1. The van der Waals surface area contributed by atoms with Crippen LogP contribution < -0.4 is 5.32 Å². The first-order valence-corrected chi connectivity index (χ1v) is 5.70. The summed E-state index contributed by atoms with van der Waals surface area (Å²) in [5.41, 5.74) is -0.605. The summed E-state index contributed by atoms with van der Waals surface area (Å²) in [5.74, 6) is -1.56. The summed E-state index contributed by atoms with van der Waals surface area (Å²) in [6.07, 6.45) is 0. The molecule has 0 aliphatic carbocycles. The van der Waals surface area contributed by atoms with Gasteiger partial charge in [0.2, 0.25) is 0 Å². The van der Waals surface area contributed by atoms with Crippen LogP contribution in [-0.2, 0) is 4.79 Å². The van der Waals surface area contributed by atoms with E-state index in [9.17, 15) is 14.0 Å². The number of rotatable bonds is 3. The van der Waals surface area contributed by atoms with Crippen molar-refractivity contribution in [2.75, 3.05) is 12.4 Å². The smallest absolute Gasteiger partial charge is 0.329 e. The highest BCUT2D eigenvalue weighted by atomic mass is 19.1. The van der Waals surface area contributed by atoms with E-state index in [-0.39, 0.29) is 5.69 Å². The van der Waals surface area contributed by atoms with E-state index in [4.69, 9.17) is 5.11 Å². The number of aryl methyl sites for hydroxylation is 1. The van der Waals surface area contributed by atoms with Crippen LogP contribution in [0.5, 0.6) is 0 Å². The van der Waals surface area contributed by atoms with Gasteiger partial charge in [-0.3, -0.25) is 0 Å². The van der Waals surface area contributed by atoms with Gasteiger partial charge in [-0.25, -0.2) is 14.0 Å². The highest BCUT2D eigenvalue weighted by Gasteiger charge is 2.35. The van der Waals surface area contributed by atoms with E-state index in [2.05, 4.69) is 5.32 Å². The van der Waals surface area contributed by atoms with Crippen molar-refractivity contribution in [3.63, 3.8) is 0 Å². The summed E-state index contributed by atoms with van der Waals surface area (Å²) in [6.45, 7) is 4.43. The molecule has 0 saturated carbocycles. The largest absolute Gasteiger partial charge is 0.480 e. The van der Waals surface area contributed by atoms with Crippen molar-refractivity contribution in [2.24, 2.45) is 0 Å². The van der Waals surface area contributed by atoms with E-state index in [1.807, 2.05) is 0 Å². The Balaban J connectivity index is 2.85. The number of nitrogens with one attached hydrogen (secondary N) is 1. The third-order valence-electron chi connectivity index (χ3n) is 3.09. The molecule has 0 spiro atoms. The Morgan fingerprint density at radius 3 is 2.42 bits per heavy atom. The van der Waals surface area contributed by atoms with E-state index >= 15 is 0 Å². The van der Waals surface area contributed by atoms with Gasteiger partial charge in [0.1, 0.15) is 11.4 Å². The Bertz CT molecular complexity index is 515. The van der Waals surface area contributed by atoms with Gasteiger partial charge in [0, 0.05) is 12.7 Å². The van der Waals surface area contributed by atoms with Crippen LogP contribution in [0, 0.1) is 12.7 Å². The molecule has 104 valence electrons. The van der Waals surface area contributed by atoms with Gasteiger partial charge in [-0.1, -0.05) is 6.07 Å². The molecule has 0 atom stereocenters. The minimum absolute atomic E-state index is 0.279. The number of hydrogen-bond donors (Lipinski definition) is 2. The van der Waals surface area contributed by atoms with Crippen molar-refractivity contribution in [3.05, 3.63) is 29.6 Å². The maximum absolute atomic E-state index is 13.3. The minimum atomic E-state index is -1.35. The first-order valence-electron chi connectivity index (χ1n) is 5.70. The molecule has 0 aromatic heterocycles. The zero-order valence-corrected chi connectivity index (χ0v) is 11.3. The van der Waals surface area contributed by atoms with Gasteiger partial charge < -0.3 is 15.3 Å². The highest BCUT2D eigenvalue weighted by Crippen LogP contribution is 2.17. The Kier molecular flexibility index (Phi) is 4.14. The van der Waals surface area contributed by atoms with Crippen LogP contribution in [0.15, 0.2) is 18.2 Å². The van der Waals surface area contributed by atoms with Gasteiger partial charge >= 0.3 is 12.0 Å². The number of amides is 2. The molecule has 0 bridgehead atoms. The second-order valence-corrected chi connectivity index (χ2v) is 4.82. The third-order valence-corrected chi connectivity index (χ3v) is 3.09. The zero-order valence-electron chi connectivity index (χ0n) is 11.3. The molecule has 0 fully saturated rings. The molecule has 0 heterocycles. The molecule has 0 aliphatic heterocycles. The number of aliphatic carboxylic acids is 1. The molecule has 6 heteroatoms. The number of benzene rings is 1. The molecule has 2 N–H and O–H groups in total. The van der Waals surface area contributed by atoms with Crippen LogP contribution in [0.3, 0.4) is 0 Å². The average molecular weight is 268 g/mol. The second-order valence-electron chi connectivity index (χ2n) is 4.82. The summed E-state index contributed by atoms with van der Waals surface area (Å²) in [4.78, 5) is 24.0. The Morgan fingerprint density at radius 2 is 1.95 bits per heavy atom. The van der Waals surface area contributed by atoms with E-state index in [0.29, 0.717) is 5.56 Å². The number of carbonyl (C=O) groups is 2. The maximum Gasteiger partial charge on any atom is 0.329 e. The fourth-order valence-corrected chi connectivity index (χ4v) is 1.28. The number of nitrogens with zero attached hydrogens (tertiary/aromatic N) is 1. The van der Waals surface area contributed by atoms with Crippen LogP contribution in [0.2, 0.25) is 0 Å². The predicted octanol–water partition coefficient (Wildman–Crippen LogP) is 2.46. The van der Waals surface area contributed by atoms with Crippen LogP contribution >= 0.6 is 0 Å². The molecule has 5 nitrogen and oxygen atoms in total. The van der Waals surface area contributed by atoms with Crippen LogP contribution in [0.4, 0.5) is 14.9 Å². The third kappa shape index (κ3) is 3.21. The predicted molar refractivity (Wildman–Crippen MR) is 69.6 cm³/mol. The van der Waals surface area contributed by atoms with E-state index in [1.165, 1.54) is 33.0 Å². The fourth-order valence-electron chi connectivity index (χ4n) is 1.28. The number of hydrogen-bond acceptors (Lipinski definition) is 2. The number of halogens is 1. The molecule has 19 heavy (non-hydrogen) atoms. The summed E-state index contributed by atoms with van der Waals surface area (Å²) in [7, 11) is 1.37. The van der Waals surface area contributed by atoms with Crippen molar-refractivity contribution < 1.29 is 19.1 Å². The molecule has 2 amide bonds. The number of carboxylic acid groups (broad SMARTS) is 1. The van der Waals surface area contributed by atoms with Crippen molar-refractivity contribution in [2.45, 2.75) is 26.3 Å².